The first-order valence-electron chi connectivity index (χ1n) is 5.71. The molecule has 0 radical (unpaired) electrons. The van der Waals surface area contributed by atoms with Crippen molar-refractivity contribution in [3.63, 3.8) is 0 Å². The summed E-state index contributed by atoms with van der Waals surface area (Å²) >= 11 is 0. The average Bonchev–Trinajstić information content (AvgIpc) is 2.16. The maximum absolute atomic E-state index is 8.66. The zero-order valence-electron chi connectivity index (χ0n) is 10.3. The molecule has 0 amide bonds. The number of aliphatic hydroxyl groups is 1. The van der Waals surface area contributed by atoms with Crippen LogP contribution in [0.2, 0.25) is 0 Å². The highest BCUT2D eigenvalue weighted by atomic mass is 16.2. The van der Waals surface area contributed by atoms with Gasteiger partial charge < -0.3 is 5.11 Å². The van der Waals surface area contributed by atoms with Gasteiger partial charge in [-0.2, -0.15) is 0 Å². The summed E-state index contributed by atoms with van der Waals surface area (Å²) in [5, 5.41) is 8.66. The smallest absolute Gasteiger partial charge is 0.0614 e. The number of hydrogen-bond acceptors (Lipinski definition) is 1. The van der Waals surface area contributed by atoms with Crippen molar-refractivity contribution in [2.75, 3.05) is 6.61 Å². The molecule has 1 nitrogen and oxygen atoms in total. The van der Waals surface area contributed by atoms with Gasteiger partial charge in [-0.1, -0.05) is 35.5 Å². The van der Waals surface area contributed by atoms with Gasteiger partial charge in [0, 0.05) is 0 Å². The third-order valence-corrected chi connectivity index (χ3v) is 2.20. The molecule has 0 saturated carbocycles. The Morgan fingerprint density at radius 1 is 0.933 bits per heavy atom. The van der Waals surface area contributed by atoms with Crippen molar-refractivity contribution < 1.29 is 5.11 Å². The summed E-state index contributed by atoms with van der Waals surface area (Å²) in [5.74, 6) is 0. The Bertz CT molecular complexity index is 230. The van der Waals surface area contributed by atoms with Crippen LogP contribution in [0.25, 0.3) is 0 Å². The molecular formula is C14H24O. The topological polar surface area (TPSA) is 20.2 Å². The minimum Gasteiger partial charge on any atom is -0.392 e. The number of rotatable bonds is 7. The molecule has 0 fully saturated rings. The molecule has 0 spiro atoms. The van der Waals surface area contributed by atoms with Crippen molar-refractivity contribution in [2.24, 2.45) is 0 Å². The molecule has 15 heavy (non-hydrogen) atoms. The molecule has 0 atom stereocenters. The normalized spacial score (nSPS) is 12.1. The van der Waals surface area contributed by atoms with E-state index in [2.05, 4.69) is 39.0 Å². The van der Waals surface area contributed by atoms with Crippen LogP contribution in [0.3, 0.4) is 0 Å². The highest BCUT2D eigenvalue weighted by molar-refractivity contribution is 5.00. The van der Waals surface area contributed by atoms with Crippen LogP contribution in [0, 0.1) is 0 Å². The third kappa shape index (κ3) is 11.1. The molecule has 0 aromatic heterocycles. The number of allylic oxidation sites excluding steroid dienone is 5. The lowest BCUT2D eigenvalue weighted by Gasteiger charge is -1.96. The molecule has 0 rings (SSSR count). The maximum Gasteiger partial charge on any atom is 0.0614 e. The summed E-state index contributed by atoms with van der Waals surface area (Å²) in [5.41, 5.74) is 2.66. The van der Waals surface area contributed by atoms with E-state index in [-0.39, 0.29) is 6.61 Å². The van der Waals surface area contributed by atoms with Crippen LogP contribution in [0.5, 0.6) is 0 Å². The highest BCUT2D eigenvalue weighted by Crippen LogP contribution is 2.05. The number of aliphatic hydroxyl groups excluding tert-OH is 1. The van der Waals surface area contributed by atoms with Crippen LogP contribution in [-0.4, -0.2) is 11.7 Å². The second-order valence-corrected chi connectivity index (χ2v) is 4.10. The molecule has 0 heterocycles. The van der Waals surface area contributed by atoms with Gasteiger partial charge in [0.05, 0.1) is 6.61 Å². The van der Waals surface area contributed by atoms with E-state index in [1.165, 1.54) is 11.1 Å². The molecule has 86 valence electrons. The molecule has 1 heteroatoms. The SMILES string of the molecule is CC(C)=CCCC=CCCC(C)=CCO. The zero-order valence-corrected chi connectivity index (χ0v) is 10.3. The fourth-order valence-electron chi connectivity index (χ4n) is 1.27. The van der Waals surface area contributed by atoms with Crippen LogP contribution in [-0.2, 0) is 0 Å². The van der Waals surface area contributed by atoms with E-state index in [1.807, 2.05) is 6.08 Å². The van der Waals surface area contributed by atoms with Crippen LogP contribution < -0.4 is 0 Å². The van der Waals surface area contributed by atoms with E-state index in [0.29, 0.717) is 0 Å². The molecular weight excluding hydrogens is 184 g/mol. The minimum absolute atomic E-state index is 0.163. The summed E-state index contributed by atoms with van der Waals surface area (Å²) in [7, 11) is 0. The standard InChI is InChI=1S/C14H24O/c1-13(2)9-7-5-4-6-8-10-14(3)11-12-15/h4,6,9,11,15H,5,7-8,10,12H2,1-3H3. The molecule has 1 N–H and O–H groups in total. The predicted molar refractivity (Wildman–Crippen MR) is 67.9 cm³/mol. The van der Waals surface area contributed by atoms with Crippen molar-refractivity contribution >= 4 is 0 Å². The van der Waals surface area contributed by atoms with Crippen LogP contribution in [0.4, 0.5) is 0 Å². The van der Waals surface area contributed by atoms with Gasteiger partial charge in [0.2, 0.25) is 0 Å². The van der Waals surface area contributed by atoms with E-state index >= 15 is 0 Å². The van der Waals surface area contributed by atoms with Crippen molar-refractivity contribution in [1.82, 2.24) is 0 Å². The summed E-state index contributed by atoms with van der Waals surface area (Å²) < 4.78 is 0. The molecule has 0 aliphatic heterocycles. The quantitative estimate of drug-likeness (QED) is 0.495. The van der Waals surface area contributed by atoms with Crippen LogP contribution in [0.15, 0.2) is 35.5 Å². The Labute approximate surface area is 94.2 Å². The lowest BCUT2D eigenvalue weighted by molar-refractivity contribution is 0.341. The van der Waals surface area contributed by atoms with E-state index < -0.39 is 0 Å². The first kappa shape index (κ1) is 14.2. The van der Waals surface area contributed by atoms with Gasteiger partial charge in [0.15, 0.2) is 0 Å². The molecule has 0 aliphatic rings. The Kier molecular flexibility index (Phi) is 9.19. The van der Waals surface area contributed by atoms with Gasteiger partial charge >= 0.3 is 0 Å². The Hall–Kier alpha value is -0.820. The zero-order chi connectivity index (χ0) is 11.5. The van der Waals surface area contributed by atoms with Gasteiger partial charge in [0.25, 0.3) is 0 Å². The van der Waals surface area contributed by atoms with Gasteiger partial charge in [-0.05, 0) is 46.5 Å². The van der Waals surface area contributed by atoms with E-state index in [9.17, 15) is 0 Å². The van der Waals surface area contributed by atoms with Gasteiger partial charge in [-0.3, -0.25) is 0 Å². The molecule has 0 unspecified atom stereocenters. The first-order chi connectivity index (χ1) is 7.16. The van der Waals surface area contributed by atoms with E-state index in [1.54, 1.807) is 0 Å². The Morgan fingerprint density at radius 3 is 2.20 bits per heavy atom. The summed E-state index contributed by atoms with van der Waals surface area (Å²) in [6, 6.07) is 0. The molecule has 0 saturated heterocycles. The molecule has 0 bridgehead atoms. The second-order valence-electron chi connectivity index (χ2n) is 4.10. The lowest BCUT2D eigenvalue weighted by Crippen LogP contribution is -1.80. The predicted octanol–water partition coefficient (Wildman–Crippen LogP) is 4.01. The van der Waals surface area contributed by atoms with Gasteiger partial charge in [-0.15, -0.1) is 0 Å². The summed E-state index contributed by atoms with van der Waals surface area (Å²) in [6.45, 7) is 6.49. The van der Waals surface area contributed by atoms with Crippen LogP contribution >= 0.6 is 0 Å². The van der Waals surface area contributed by atoms with E-state index in [4.69, 9.17) is 5.11 Å². The molecule has 0 aromatic rings. The number of hydrogen-bond donors (Lipinski definition) is 1. The maximum atomic E-state index is 8.66. The third-order valence-electron chi connectivity index (χ3n) is 2.20. The van der Waals surface area contributed by atoms with E-state index in [0.717, 1.165) is 25.7 Å². The monoisotopic (exact) mass is 208 g/mol. The van der Waals surface area contributed by atoms with Crippen molar-refractivity contribution in [3.05, 3.63) is 35.5 Å². The Balaban J connectivity index is 3.47. The fourth-order valence-corrected chi connectivity index (χ4v) is 1.27. The average molecular weight is 208 g/mol. The second kappa shape index (κ2) is 9.72. The molecule has 0 aliphatic carbocycles. The van der Waals surface area contributed by atoms with Gasteiger partial charge in [0.1, 0.15) is 0 Å². The van der Waals surface area contributed by atoms with Gasteiger partial charge in [-0.25, -0.2) is 0 Å². The molecule has 0 aromatic carbocycles. The van der Waals surface area contributed by atoms with Crippen LogP contribution in [0.1, 0.15) is 46.5 Å². The number of unbranched alkanes of at least 4 members (excludes halogenated alkanes) is 1. The largest absolute Gasteiger partial charge is 0.392 e. The summed E-state index contributed by atoms with van der Waals surface area (Å²) in [6.07, 6.45) is 13.0. The highest BCUT2D eigenvalue weighted by Gasteiger charge is 1.86. The first-order valence-corrected chi connectivity index (χ1v) is 5.71. The minimum atomic E-state index is 0.163. The summed E-state index contributed by atoms with van der Waals surface area (Å²) in [4.78, 5) is 0. The van der Waals surface area contributed by atoms with Crippen molar-refractivity contribution in [2.45, 2.75) is 46.5 Å². The van der Waals surface area contributed by atoms with Crippen molar-refractivity contribution in [1.29, 1.82) is 0 Å². The Morgan fingerprint density at radius 2 is 1.60 bits per heavy atom. The van der Waals surface area contributed by atoms with Crippen molar-refractivity contribution in [3.8, 4) is 0 Å². The lowest BCUT2D eigenvalue weighted by atomic mass is 10.1. The fraction of sp³-hybridized carbons (Fsp3) is 0.571.